The minimum atomic E-state index is 0. The Morgan fingerprint density at radius 3 is 2.38 bits per heavy atom. The number of rotatable bonds is 0. The van der Waals surface area contributed by atoms with Crippen molar-refractivity contribution in [3.63, 3.8) is 0 Å². The average Bonchev–Trinajstić information content (AvgIpc) is 1.69. The number of aryl methyl sites for hydroxylation is 1. The van der Waals surface area contributed by atoms with Gasteiger partial charge < -0.3 is 0 Å². The molecule has 0 unspecified atom stereocenters. The van der Waals surface area contributed by atoms with Crippen molar-refractivity contribution in [1.82, 2.24) is 0 Å². The van der Waals surface area contributed by atoms with Gasteiger partial charge in [0.25, 0.3) is 0 Å². The summed E-state index contributed by atoms with van der Waals surface area (Å²) in [5, 5.41) is 0. The predicted molar refractivity (Wildman–Crippen MR) is 30.0 cm³/mol. The molecule has 0 aliphatic heterocycles. The molecule has 0 amide bonds. The van der Waals surface area contributed by atoms with Crippen LogP contribution in [0.2, 0.25) is 0 Å². The van der Waals surface area contributed by atoms with Gasteiger partial charge in [0.15, 0.2) is 0 Å². The van der Waals surface area contributed by atoms with Crippen LogP contribution in [0.5, 0.6) is 0 Å². The fraction of sp³-hybridized carbons (Fsp3) is 0.143. The Morgan fingerprint density at radius 2 is 2.12 bits per heavy atom. The van der Waals surface area contributed by atoms with Crippen LogP contribution in [0, 0.1) is 13.0 Å². The van der Waals surface area contributed by atoms with Gasteiger partial charge in [0, 0.05) is 0 Å². The Balaban J connectivity index is 0.000000490. The first kappa shape index (κ1) is 8.22. The van der Waals surface area contributed by atoms with Gasteiger partial charge in [-0.25, -0.2) is 0 Å². The van der Waals surface area contributed by atoms with Crippen LogP contribution in [0.25, 0.3) is 0 Å². The van der Waals surface area contributed by atoms with E-state index >= 15 is 0 Å². The Kier molecular flexibility index (Phi) is 4.25. The van der Waals surface area contributed by atoms with Crippen molar-refractivity contribution in [2.75, 3.05) is 0 Å². The van der Waals surface area contributed by atoms with E-state index in [0.29, 0.717) is 0 Å². The maximum Gasteiger partial charge on any atom is 1.00 e. The van der Waals surface area contributed by atoms with Gasteiger partial charge in [0.05, 0.1) is 0 Å². The number of hydrogen-bond donors (Lipinski definition) is 0. The van der Waals surface area contributed by atoms with E-state index < -0.39 is 0 Å². The molecule has 1 heteroatoms. The van der Waals surface area contributed by atoms with Crippen LogP contribution in [0.3, 0.4) is 0 Å². The largest absolute Gasteiger partial charge is 1.00 e. The third-order valence-electron chi connectivity index (χ3n) is 0.865. The summed E-state index contributed by atoms with van der Waals surface area (Å²) in [7, 11) is 0. The van der Waals surface area contributed by atoms with Crippen LogP contribution in [-0.4, -0.2) is 0 Å². The molecule has 1 rings (SSSR count). The molecule has 0 saturated carbocycles. The average molecular weight is 114 g/mol. The molecule has 0 bridgehead atoms. The van der Waals surface area contributed by atoms with E-state index in [1.54, 1.807) is 0 Å². The van der Waals surface area contributed by atoms with Crippen molar-refractivity contribution in [2.24, 2.45) is 0 Å². The standard InChI is InChI=1S/C7H7.Na/c1-7-5-3-2-4-6-7;/h2-5H,1H3;/q-1;+1. The molecule has 0 saturated heterocycles. The van der Waals surface area contributed by atoms with Crippen LogP contribution in [0.15, 0.2) is 24.3 Å². The van der Waals surface area contributed by atoms with E-state index in [9.17, 15) is 0 Å². The van der Waals surface area contributed by atoms with Crippen molar-refractivity contribution in [3.8, 4) is 0 Å². The molecular formula is C7H7Na. The zero-order chi connectivity index (χ0) is 5.11. The quantitative estimate of drug-likeness (QED) is 0.293. The molecule has 36 valence electrons. The van der Waals surface area contributed by atoms with Gasteiger partial charge in [0.1, 0.15) is 0 Å². The monoisotopic (exact) mass is 114 g/mol. The summed E-state index contributed by atoms with van der Waals surface area (Å²) in [6.45, 7) is 2.03. The predicted octanol–water partition coefficient (Wildman–Crippen LogP) is -1.20. The molecule has 0 N–H and O–H groups in total. The first-order valence-electron chi connectivity index (χ1n) is 2.33. The molecule has 1 aromatic rings. The second-order valence-corrected chi connectivity index (χ2v) is 1.55. The van der Waals surface area contributed by atoms with E-state index in [2.05, 4.69) is 6.07 Å². The molecule has 0 aliphatic rings. The maximum absolute atomic E-state index is 3.03. The minimum Gasteiger partial charge on any atom is -0.181 e. The first-order chi connectivity index (χ1) is 3.39. The summed E-state index contributed by atoms with van der Waals surface area (Å²) in [6.07, 6.45) is 0. The molecule has 0 aromatic heterocycles. The summed E-state index contributed by atoms with van der Waals surface area (Å²) < 4.78 is 0. The van der Waals surface area contributed by atoms with E-state index in [1.165, 1.54) is 5.56 Å². The van der Waals surface area contributed by atoms with Crippen LogP contribution >= 0.6 is 0 Å². The van der Waals surface area contributed by atoms with Crippen molar-refractivity contribution in [1.29, 1.82) is 0 Å². The molecular weight excluding hydrogens is 107 g/mol. The second kappa shape index (κ2) is 4.13. The molecule has 0 radical (unpaired) electrons. The summed E-state index contributed by atoms with van der Waals surface area (Å²) in [5.41, 5.74) is 1.20. The normalized spacial score (nSPS) is 7.62. The Hall–Kier alpha value is 0.220. The fourth-order valence-electron chi connectivity index (χ4n) is 0.483. The molecule has 0 heterocycles. The van der Waals surface area contributed by atoms with Crippen LogP contribution in [0.4, 0.5) is 0 Å². The molecule has 0 nitrogen and oxygen atoms in total. The zero-order valence-electron chi connectivity index (χ0n) is 5.31. The van der Waals surface area contributed by atoms with E-state index in [4.69, 9.17) is 0 Å². The van der Waals surface area contributed by atoms with Gasteiger partial charge >= 0.3 is 29.6 Å². The fourth-order valence-corrected chi connectivity index (χ4v) is 0.483. The van der Waals surface area contributed by atoms with Gasteiger partial charge in [-0.05, 0) is 0 Å². The first-order valence-corrected chi connectivity index (χ1v) is 2.33. The topological polar surface area (TPSA) is 0 Å². The van der Waals surface area contributed by atoms with E-state index in [-0.39, 0.29) is 29.6 Å². The SMILES string of the molecule is Cc1[c-]cccc1.[Na+]. The number of hydrogen-bond acceptors (Lipinski definition) is 0. The van der Waals surface area contributed by atoms with Gasteiger partial charge in [-0.2, -0.15) is 35.9 Å². The van der Waals surface area contributed by atoms with Crippen molar-refractivity contribution in [2.45, 2.75) is 6.92 Å². The summed E-state index contributed by atoms with van der Waals surface area (Å²) in [4.78, 5) is 0. The third kappa shape index (κ3) is 2.51. The zero-order valence-corrected chi connectivity index (χ0v) is 7.31. The van der Waals surface area contributed by atoms with Gasteiger partial charge in [-0.3, -0.25) is 0 Å². The number of benzene rings is 1. The Morgan fingerprint density at radius 1 is 1.38 bits per heavy atom. The Bertz CT molecular complexity index is 134. The van der Waals surface area contributed by atoms with Gasteiger partial charge in [-0.1, -0.05) is 6.92 Å². The smallest absolute Gasteiger partial charge is 0.181 e. The van der Waals surface area contributed by atoms with Crippen molar-refractivity contribution >= 4 is 0 Å². The van der Waals surface area contributed by atoms with Crippen LogP contribution < -0.4 is 29.6 Å². The van der Waals surface area contributed by atoms with E-state index in [1.807, 2.05) is 31.2 Å². The van der Waals surface area contributed by atoms with Crippen molar-refractivity contribution in [3.05, 3.63) is 35.9 Å². The third-order valence-corrected chi connectivity index (χ3v) is 0.865. The summed E-state index contributed by atoms with van der Waals surface area (Å²) in [5.74, 6) is 0. The molecule has 0 aliphatic carbocycles. The summed E-state index contributed by atoms with van der Waals surface area (Å²) in [6, 6.07) is 10.9. The molecule has 0 atom stereocenters. The molecule has 1 aromatic carbocycles. The molecule has 0 fully saturated rings. The van der Waals surface area contributed by atoms with Crippen molar-refractivity contribution < 1.29 is 29.6 Å². The maximum atomic E-state index is 3.03. The molecule has 0 spiro atoms. The second-order valence-electron chi connectivity index (χ2n) is 1.55. The summed E-state index contributed by atoms with van der Waals surface area (Å²) >= 11 is 0. The Labute approximate surface area is 72.2 Å². The molecule has 8 heavy (non-hydrogen) atoms. The van der Waals surface area contributed by atoms with Crippen LogP contribution in [0.1, 0.15) is 5.56 Å². The minimum absolute atomic E-state index is 0. The van der Waals surface area contributed by atoms with Gasteiger partial charge in [-0.15, -0.1) is 0 Å². The van der Waals surface area contributed by atoms with Crippen LogP contribution in [-0.2, 0) is 0 Å². The van der Waals surface area contributed by atoms with E-state index in [0.717, 1.165) is 0 Å². The van der Waals surface area contributed by atoms with Gasteiger partial charge in [0.2, 0.25) is 0 Å².